The first kappa shape index (κ1) is 20.8. The number of esters is 1. The van der Waals surface area contributed by atoms with Gasteiger partial charge in [-0.25, -0.2) is 13.2 Å². The predicted molar refractivity (Wildman–Crippen MR) is 103 cm³/mol. The number of carbonyl (C=O) groups is 2. The number of sulfonamides is 1. The number of fused-ring (bicyclic) bond motifs is 1. The molecule has 1 aliphatic carbocycles. The molecule has 0 saturated heterocycles. The van der Waals surface area contributed by atoms with Crippen molar-refractivity contribution in [3.63, 3.8) is 0 Å². The molecule has 3 rings (SSSR count). The van der Waals surface area contributed by atoms with Crippen LogP contribution in [0.5, 0.6) is 0 Å². The molecule has 1 aliphatic heterocycles. The molecule has 2 aliphatic rings. The van der Waals surface area contributed by atoms with E-state index in [1.165, 1.54) is 13.0 Å². The first-order valence-corrected chi connectivity index (χ1v) is 10.8. The molecular weight excluding hydrogens is 396 g/mol. The van der Waals surface area contributed by atoms with Crippen LogP contribution >= 0.6 is 0 Å². The van der Waals surface area contributed by atoms with Gasteiger partial charge in [-0.3, -0.25) is 14.5 Å². The zero-order valence-corrected chi connectivity index (χ0v) is 16.8. The molecule has 154 valence electrons. The average molecular weight is 418 g/mol. The molecule has 1 fully saturated rings. The molecule has 0 radical (unpaired) electrons. The molecule has 1 saturated carbocycles. The molecule has 10 heteroatoms. The second kappa shape index (κ2) is 8.21. The lowest BCUT2D eigenvalue weighted by Gasteiger charge is -2.31. The third kappa shape index (κ3) is 4.56. The molecule has 1 aromatic carbocycles. The molecule has 0 aromatic heterocycles. The predicted octanol–water partition coefficient (Wildman–Crippen LogP) is 0.999. The van der Waals surface area contributed by atoms with Crippen molar-refractivity contribution in [1.29, 1.82) is 5.26 Å². The van der Waals surface area contributed by atoms with Crippen molar-refractivity contribution in [3.8, 4) is 6.07 Å². The molecular formula is C19H22N4O5S. The quantitative estimate of drug-likeness (QED) is 0.684. The molecule has 9 nitrogen and oxygen atoms in total. The number of amides is 1. The normalized spacial score (nSPS) is 21.3. The minimum Gasteiger partial charge on any atom is -0.454 e. The largest absolute Gasteiger partial charge is 0.454 e. The maximum atomic E-state index is 12.2. The standard InChI is InChI=1S/C19H22N4O5S/c1-13(21-17-14-7-3-4-8-15(14)29(26,27)23-17)18(25)28-11-16(24)22-19(12-20)9-5-2-6-10-19/h3-4,7-8,13H,2,5-6,9-11H2,1H3,(H,21,23)(H,22,24)/t13-/m0/s1. The van der Waals surface area contributed by atoms with Crippen molar-refractivity contribution in [3.05, 3.63) is 29.8 Å². The number of hydrogen-bond acceptors (Lipinski definition) is 7. The van der Waals surface area contributed by atoms with E-state index in [0.29, 0.717) is 18.4 Å². The van der Waals surface area contributed by atoms with Crippen molar-refractivity contribution in [1.82, 2.24) is 10.0 Å². The van der Waals surface area contributed by atoms with E-state index in [1.807, 2.05) is 0 Å². The van der Waals surface area contributed by atoms with E-state index >= 15 is 0 Å². The zero-order chi connectivity index (χ0) is 21.1. The van der Waals surface area contributed by atoms with Crippen molar-refractivity contribution >= 4 is 27.7 Å². The van der Waals surface area contributed by atoms with Crippen molar-refractivity contribution in [2.75, 3.05) is 6.61 Å². The Morgan fingerprint density at radius 2 is 2.00 bits per heavy atom. The van der Waals surface area contributed by atoms with Gasteiger partial charge < -0.3 is 10.1 Å². The van der Waals surface area contributed by atoms with Crippen molar-refractivity contribution in [2.24, 2.45) is 4.99 Å². The fraction of sp³-hybridized carbons (Fsp3) is 0.474. The number of hydrogen-bond donors (Lipinski definition) is 2. The van der Waals surface area contributed by atoms with Gasteiger partial charge in [0.2, 0.25) is 0 Å². The number of rotatable bonds is 5. The highest BCUT2D eigenvalue weighted by Gasteiger charge is 2.34. The van der Waals surface area contributed by atoms with E-state index in [4.69, 9.17) is 4.74 Å². The number of nitrogens with zero attached hydrogens (tertiary/aromatic N) is 2. The van der Waals surface area contributed by atoms with E-state index in [-0.39, 0.29) is 10.7 Å². The highest BCUT2D eigenvalue weighted by molar-refractivity contribution is 7.90. The summed E-state index contributed by atoms with van der Waals surface area (Å²) in [4.78, 5) is 28.5. The Labute approximate surface area is 169 Å². The minimum atomic E-state index is -3.71. The van der Waals surface area contributed by atoms with Gasteiger partial charge >= 0.3 is 5.97 Å². The van der Waals surface area contributed by atoms with Gasteiger partial charge in [-0.1, -0.05) is 31.4 Å². The first-order valence-electron chi connectivity index (χ1n) is 9.35. The van der Waals surface area contributed by atoms with Crippen LogP contribution in [0.1, 0.15) is 44.6 Å². The maximum absolute atomic E-state index is 12.2. The fourth-order valence-electron chi connectivity index (χ4n) is 3.46. The molecule has 1 heterocycles. The number of ether oxygens (including phenoxy) is 1. The summed E-state index contributed by atoms with van der Waals surface area (Å²) in [6, 6.07) is 7.44. The average Bonchev–Trinajstić information content (AvgIpc) is 2.97. The SMILES string of the molecule is C[C@H](N=C1NS(=O)(=O)c2ccccc21)C(=O)OCC(=O)NC1(C#N)CCCCC1. The fourth-order valence-corrected chi connectivity index (χ4v) is 4.70. The molecule has 1 atom stereocenters. The van der Waals surface area contributed by atoms with E-state index in [9.17, 15) is 23.3 Å². The zero-order valence-electron chi connectivity index (χ0n) is 16.0. The monoisotopic (exact) mass is 418 g/mol. The van der Waals surface area contributed by atoms with Crippen LogP contribution < -0.4 is 10.0 Å². The van der Waals surface area contributed by atoms with Crippen LogP contribution in [-0.4, -0.2) is 44.3 Å². The van der Waals surface area contributed by atoms with Gasteiger partial charge in [0.25, 0.3) is 15.9 Å². The first-order chi connectivity index (χ1) is 13.8. The number of aliphatic imine (C=N–C) groups is 1. The minimum absolute atomic E-state index is 0.0557. The van der Waals surface area contributed by atoms with Gasteiger partial charge in [-0.05, 0) is 31.9 Å². The summed E-state index contributed by atoms with van der Waals surface area (Å²) in [5.74, 6) is -1.26. The van der Waals surface area contributed by atoms with Gasteiger partial charge in [0.15, 0.2) is 6.61 Å². The number of carbonyl (C=O) groups excluding carboxylic acids is 2. The Balaban J connectivity index is 1.60. The van der Waals surface area contributed by atoms with Crippen LogP contribution in [0, 0.1) is 11.3 Å². The summed E-state index contributed by atoms with van der Waals surface area (Å²) >= 11 is 0. The van der Waals surface area contributed by atoms with Crippen LogP contribution in [0.4, 0.5) is 0 Å². The third-order valence-corrected chi connectivity index (χ3v) is 6.37. The number of nitrogens with one attached hydrogen (secondary N) is 2. The van der Waals surface area contributed by atoms with Gasteiger partial charge in [0.1, 0.15) is 17.4 Å². The van der Waals surface area contributed by atoms with Crippen LogP contribution in [0.15, 0.2) is 34.2 Å². The Bertz CT molecular complexity index is 990. The summed E-state index contributed by atoms with van der Waals surface area (Å²) < 4.78 is 31.5. The lowest BCUT2D eigenvalue weighted by atomic mass is 9.83. The summed E-state index contributed by atoms with van der Waals surface area (Å²) in [6.45, 7) is 0.917. The van der Waals surface area contributed by atoms with Gasteiger partial charge in [-0.15, -0.1) is 0 Å². The van der Waals surface area contributed by atoms with Gasteiger partial charge in [0, 0.05) is 5.56 Å². The molecule has 0 unspecified atom stereocenters. The summed E-state index contributed by atoms with van der Waals surface area (Å²) in [5, 5.41) is 12.1. The molecule has 29 heavy (non-hydrogen) atoms. The Morgan fingerprint density at radius 1 is 1.31 bits per heavy atom. The number of nitriles is 1. The highest BCUT2D eigenvalue weighted by atomic mass is 32.2. The topological polar surface area (TPSA) is 138 Å². The highest BCUT2D eigenvalue weighted by Crippen LogP contribution is 2.27. The molecule has 1 amide bonds. The Morgan fingerprint density at radius 3 is 2.69 bits per heavy atom. The molecule has 0 bridgehead atoms. The Kier molecular flexibility index (Phi) is 5.88. The van der Waals surface area contributed by atoms with Crippen molar-refractivity contribution in [2.45, 2.75) is 55.5 Å². The second-order valence-corrected chi connectivity index (χ2v) is 8.82. The van der Waals surface area contributed by atoms with Crippen LogP contribution in [-0.2, 0) is 24.3 Å². The van der Waals surface area contributed by atoms with Crippen LogP contribution in [0.2, 0.25) is 0 Å². The van der Waals surface area contributed by atoms with Gasteiger partial charge in [-0.2, -0.15) is 5.26 Å². The van der Waals surface area contributed by atoms with E-state index in [0.717, 1.165) is 19.3 Å². The maximum Gasteiger partial charge on any atom is 0.331 e. The Hall–Kier alpha value is -2.93. The number of amidine groups is 1. The van der Waals surface area contributed by atoms with E-state index in [1.54, 1.807) is 18.2 Å². The van der Waals surface area contributed by atoms with E-state index < -0.39 is 40.1 Å². The summed E-state index contributed by atoms with van der Waals surface area (Å²) in [7, 11) is -3.71. The van der Waals surface area contributed by atoms with E-state index in [2.05, 4.69) is 21.1 Å². The van der Waals surface area contributed by atoms with Crippen LogP contribution in [0.25, 0.3) is 0 Å². The third-order valence-electron chi connectivity index (χ3n) is 4.97. The lowest BCUT2D eigenvalue weighted by Crippen LogP contribution is -2.50. The number of benzene rings is 1. The molecule has 0 spiro atoms. The molecule has 2 N–H and O–H groups in total. The smallest absolute Gasteiger partial charge is 0.331 e. The van der Waals surface area contributed by atoms with Gasteiger partial charge in [0.05, 0.1) is 11.0 Å². The summed E-state index contributed by atoms with van der Waals surface area (Å²) in [5.41, 5.74) is -0.530. The van der Waals surface area contributed by atoms with Crippen LogP contribution in [0.3, 0.4) is 0 Å². The van der Waals surface area contributed by atoms with Crippen molar-refractivity contribution < 1.29 is 22.7 Å². The summed E-state index contributed by atoms with van der Waals surface area (Å²) in [6.07, 6.45) is 3.90. The molecule has 1 aromatic rings. The lowest BCUT2D eigenvalue weighted by molar-refractivity contribution is -0.149. The second-order valence-electron chi connectivity index (χ2n) is 7.17.